The fourth-order valence-electron chi connectivity index (χ4n) is 6.98. The molecule has 1 amide bonds. The number of ether oxygens (including phenoxy) is 4. The van der Waals surface area contributed by atoms with E-state index in [-0.39, 0.29) is 18.5 Å². The van der Waals surface area contributed by atoms with Gasteiger partial charge in [0.1, 0.15) is 29.4 Å². The molecule has 0 aliphatic carbocycles. The Balaban J connectivity index is 0.989. The molecule has 0 bridgehead atoms. The third-order valence-electron chi connectivity index (χ3n) is 9.44. The molecule has 1 heterocycles. The van der Waals surface area contributed by atoms with Crippen LogP contribution in [0.2, 0.25) is 0 Å². The molecule has 1 fully saturated rings. The first-order chi connectivity index (χ1) is 24.4. The number of hydrogen-bond acceptors (Lipinski definition) is 7. The van der Waals surface area contributed by atoms with Crippen molar-refractivity contribution in [1.29, 1.82) is 0 Å². The van der Waals surface area contributed by atoms with E-state index < -0.39 is 35.5 Å². The maximum Gasteiger partial charge on any atom is 0.413 e. The Hall–Kier alpha value is -3.88. The van der Waals surface area contributed by atoms with E-state index in [1.165, 1.54) is 21.1 Å². The average molecular weight is 718 g/mol. The van der Waals surface area contributed by atoms with E-state index in [1.807, 2.05) is 51.1 Å². The molecule has 51 heavy (non-hydrogen) atoms. The quantitative estimate of drug-likeness (QED) is 0.0284. The van der Waals surface area contributed by atoms with E-state index in [2.05, 4.69) is 36.4 Å². The van der Waals surface area contributed by atoms with E-state index in [1.54, 1.807) is 13.8 Å². The molecule has 0 aromatic heterocycles. The largest absolute Gasteiger partial charge is 0.462 e. The summed E-state index contributed by atoms with van der Waals surface area (Å²) in [5.74, 6) is -1.09. The first-order valence-corrected chi connectivity index (χ1v) is 18.8. The summed E-state index contributed by atoms with van der Waals surface area (Å²) in [5.41, 5.74) is -0.966. The topological polar surface area (TPSA) is 91.4 Å². The summed E-state index contributed by atoms with van der Waals surface area (Å²) in [4.78, 5) is 39.9. The Morgan fingerprint density at radius 3 is 2.16 bits per heavy atom. The fraction of sp³-hybridized carbons (Fsp3) is 0.500. The number of halogens is 1. The lowest BCUT2D eigenvalue weighted by Gasteiger charge is -2.36. The van der Waals surface area contributed by atoms with Crippen molar-refractivity contribution in [2.75, 3.05) is 19.1 Å². The van der Waals surface area contributed by atoms with Gasteiger partial charge in [-0.05, 0) is 98.3 Å². The molecule has 1 saturated heterocycles. The van der Waals surface area contributed by atoms with E-state index >= 15 is 0 Å². The van der Waals surface area contributed by atoms with Gasteiger partial charge in [0.25, 0.3) is 0 Å². The van der Waals surface area contributed by atoms with Gasteiger partial charge in [-0.2, -0.15) is 0 Å². The smallest absolute Gasteiger partial charge is 0.413 e. The van der Waals surface area contributed by atoms with Crippen LogP contribution in [0.3, 0.4) is 0 Å². The van der Waals surface area contributed by atoms with Crippen molar-refractivity contribution in [3.05, 3.63) is 72.3 Å². The Morgan fingerprint density at radius 2 is 1.49 bits per heavy atom. The van der Waals surface area contributed by atoms with Crippen molar-refractivity contribution >= 4 is 62.0 Å². The van der Waals surface area contributed by atoms with Crippen LogP contribution in [0.15, 0.2) is 66.7 Å². The summed E-state index contributed by atoms with van der Waals surface area (Å²) >= 11 is 5.75. The molecule has 0 unspecified atom stereocenters. The van der Waals surface area contributed by atoms with Gasteiger partial charge in [-0.15, -0.1) is 11.6 Å². The number of nitrogens with zero attached hydrogens (tertiary/aromatic N) is 1. The summed E-state index contributed by atoms with van der Waals surface area (Å²) in [5, 5.41) is 6.77. The van der Waals surface area contributed by atoms with E-state index in [4.69, 9.17) is 30.5 Å². The number of esters is 2. The number of carbonyl (C=O) groups excluding carboxylic acids is 3. The van der Waals surface area contributed by atoms with E-state index in [0.717, 1.165) is 73.9 Å². The number of benzene rings is 4. The van der Waals surface area contributed by atoms with Gasteiger partial charge in [0.15, 0.2) is 0 Å². The lowest BCUT2D eigenvalue weighted by molar-refractivity contribution is -0.146. The van der Waals surface area contributed by atoms with Crippen LogP contribution in [0.25, 0.3) is 32.3 Å². The highest BCUT2D eigenvalue weighted by Gasteiger charge is 2.49. The lowest BCUT2D eigenvalue weighted by Crippen LogP contribution is -2.53. The highest BCUT2D eigenvalue weighted by molar-refractivity contribution is 6.26. The van der Waals surface area contributed by atoms with Crippen LogP contribution in [0.1, 0.15) is 103 Å². The fourth-order valence-corrected chi connectivity index (χ4v) is 7.04. The van der Waals surface area contributed by atoms with Gasteiger partial charge in [0, 0.05) is 0 Å². The molecule has 9 heteroatoms. The predicted molar refractivity (Wildman–Crippen MR) is 204 cm³/mol. The van der Waals surface area contributed by atoms with E-state index in [9.17, 15) is 14.4 Å². The summed E-state index contributed by atoms with van der Waals surface area (Å²) < 4.78 is 22.9. The van der Waals surface area contributed by atoms with Gasteiger partial charge in [-0.25, -0.2) is 9.59 Å². The van der Waals surface area contributed by atoms with Crippen LogP contribution in [-0.2, 0) is 23.7 Å². The number of unbranched alkanes of at least 4 members (excludes halogenated alkanes) is 8. The minimum absolute atomic E-state index is 0.209. The van der Waals surface area contributed by atoms with Gasteiger partial charge in [0.05, 0.1) is 18.8 Å². The molecule has 0 radical (unpaired) electrons. The van der Waals surface area contributed by atoms with Crippen LogP contribution in [0.5, 0.6) is 0 Å². The van der Waals surface area contributed by atoms with Crippen molar-refractivity contribution in [2.45, 2.75) is 116 Å². The molecule has 1 aliphatic rings. The summed E-state index contributed by atoms with van der Waals surface area (Å²) in [7, 11) is 0. The second-order valence-corrected chi connectivity index (χ2v) is 15.2. The maximum absolute atomic E-state index is 13.1. The number of alkyl halides is 1. The SMILES string of the molecule is CC(C)(C)OC(=O)N1[C@H]([C@@H](C=CCCCCCCCCCCOC(=O)c2ccc3ccc4cccc5ccc2c3c45)OC(=O)CCl)COC1(C)C. The molecule has 4 aromatic carbocycles. The van der Waals surface area contributed by atoms with E-state index in [0.29, 0.717) is 12.2 Å². The molecule has 8 nitrogen and oxygen atoms in total. The first kappa shape index (κ1) is 38.4. The Kier molecular flexibility index (Phi) is 12.9. The van der Waals surface area contributed by atoms with Crippen molar-refractivity contribution < 1.29 is 33.3 Å². The van der Waals surface area contributed by atoms with Crippen molar-refractivity contribution in [2.24, 2.45) is 0 Å². The molecule has 1 aliphatic heterocycles. The molecule has 0 N–H and O–H groups in total. The third-order valence-corrected chi connectivity index (χ3v) is 9.66. The summed E-state index contributed by atoms with van der Waals surface area (Å²) in [6.07, 6.45) is 12.0. The van der Waals surface area contributed by atoms with Crippen LogP contribution in [0, 0.1) is 0 Å². The van der Waals surface area contributed by atoms with Gasteiger partial charge in [-0.1, -0.05) is 93.1 Å². The van der Waals surface area contributed by atoms with Crippen LogP contribution >= 0.6 is 11.6 Å². The monoisotopic (exact) mass is 717 g/mol. The summed E-state index contributed by atoms with van der Waals surface area (Å²) in [6, 6.07) is 18.1. The molecule has 274 valence electrons. The number of amides is 1. The zero-order chi connectivity index (χ0) is 36.6. The summed E-state index contributed by atoms with van der Waals surface area (Å²) in [6.45, 7) is 9.66. The second kappa shape index (κ2) is 17.1. The normalized spacial score (nSPS) is 16.7. The first-order valence-electron chi connectivity index (χ1n) is 18.3. The van der Waals surface area contributed by atoms with Crippen molar-refractivity contribution in [3.63, 3.8) is 0 Å². The van der Waals surface area contributed by atoms with Crippen molar-refractivity contribution in [1.82, 2.24) is 4.90 Å². The Morgan fingerprint density at radius 1 is 0.882 bits per heavy atom. The lowest BCUT2D eigenvalue weighted by atomic mass is 9.92. The van der Waals surface area contributed by atoms with Crippen molar-refractivity contribution in [3.8, 4) is 0 Å². The van der Waals surface area contributed by atoms with Crippen LogP contribution in [0.4, 0.5) is 4.79 Å². The maximum atomic E-state index is 13.1. The molecular weight excluding hydrogens is 666 g/mol. The molecule has 5 rings (SSSR count). The standard InChI is InChI=1S/C42H52ClNO7/c1-41(2,3)51-40(47)44-34(28-49-42(44,4)5)35(50-36(45)27-43)19-14-12-10-8-6-7-9-11-13-15-26-48-39(46)33-25-23-31-21-20-29-17-16-18-30-22-24-32(33)38(31)37(29)30/h14,16-25,34-35H,6-13,15,26-28H2,1-5H3/t34-,35+/m0/s1. The zero-order valence-corrected chi connectivity index (χ0v) is 31.4. The molecular formula is C42H52ClNO7. The number of carbonyl (C=O) groups is 3. The molecule has 2 atom stereocenters. The van der Waals surface area contributed by atoms with Gasteiger partial charge < -0.3 is 18.9 Å². The molecule has 4 aromatic rings. The second-order valence-electron chi connectivity index (χ2n) is 14.9. The molecule has 0 saturated carbocycles. The average Bonchev–Trinajstić information content (AvgIpc) is 3.42. The Labute approximate surface area is 306 Å². The predicted octanol–water partition coefficient (Wildman–Crippen LogP) is 10.3. The van der Waals surface area contributed by atoms with Gasteiger partial charge >= 0.3 is 18.0 Å². The minimum Gasteiger partial charge on any atom is -0.462 e. The number of hydrogen-bond donors (Lipinski definition) is 0. The number of rotatable bonds is 16. The Bertz CT molecular complexity index is 1810. The molecule has 0 spiro atoms. The highest BCUT2D eigenvalue weighted by Crippen LogP contribution is 2.36. The minimum atomic E-state index is -0.914. The van der Waals surface area contributed by atoms with Crippen LogP contribution in [-0.4, -0.2) is 65.5 Å². The highest BCUT2D eigenvalue weighted by atomic mass is 35.5. The van der Waals surface area contributed by atoms with Gasteiger partial charge in [0.2, 0.25) is 0 Å². The van der Waals surface area contributed by atoms with Gasteiger partial charge in [-0.3, -0.25) is 9.69 Å². The van der Waals surface area contributed by atoms with Crippen LogP contribution < -0.4 is 0 Å². The number of allylic oxidation sites excluding steroid dienone is 1. The third kappa shape index (κ3) is 9.72. The zero-order valence-electron chi connectivity index (χ0n) is 30.7.